The Morgan fingerprint density at radius 3 is 2.04 bits per heavy atom. The van der Waals surface area contributed by atoms with E-state index in [0.717, 1.165) is 6.26 Å². The second-order valence-electron chi connectivity index (χ2n) is 9.88. The molecule has 0 spiro atoms. The zero-order chi connectivity index (χ0) is 20.8. The lowest BCUT2D eigenvalue weighted by Crippen LogP contribution is -2.67. The van der Waals surface area contributed by atoms with Crippen LogP contribution < -0.4 is 0 Å². The number of nitrogens with zero attached hydrogens (tertiary/aromatic N) is 1. The van der Waals surface area contributed by atoms with E-state index in [1.165, 1.54) is 0 Å². The first-order chi connectivity index (χ1) is 11.3. The van der Waals surface area contributed by atoms with Gasteiger partial charge in [-0.15, -0.1) is 0 Å². The van der Waals surface area contributed by atoms with Crippen molar-refractivity contribution in [1.29, 1.82) is 0 Å². The van der Waals surface area contributed by atoms with Gasteiger partial charge in [0.05, 0.1) is 6.26 Å². The smallest absolute Gasteiger partial charge is 0.435 e. The fourth-order valence-electron chi connectivity index (χ4n) is 3.45. The third-order valence-electron chi connectivity index (χ3n) is 5.93. The standard InChI is InChI=1S/C17H35NO6SSi/c1-16(2,3)18(15(19)20)11-14(24-26(8,9)17(4,5)6)10-13(18)12-23-25(7,21)22/h13-14H,10-12H2,1-9H3/p+1/t13-,14+,18?/m1/s1. The van der Waals surface area contributed by atoms with Crippen LogP contribution in [0, 0.1) is 0 Å². The van der Waals surface area contributed by atoms with Crippen LogP contribution in [0.2, 0.25) is 18.1 Å². The van der Waals surface area contributed by atoms with Gasteiger partial charge in [-0.3, -0.25) is 4.18 Å². The lowest BCUT2D eigenvalue weighted by Gasteiger charge is -2.44. The molecule has 0 aromatic rings. The molecule has 0 aromatic heterocycles. The van der Waals surface area contributed by atoms with E-state index < -0.39 is 36.1 Å². The first-order valence-electron chi connectivity index (χ1n) is 8.97. The molecule has 0 aromatic carbocycles. The first kappa shape index (κ1) is 23.6. The van der Waals surface area contributed by atoms with Gasteiger partial charge in [-0.25, -0.2) is 4.48 Å². The lowest BCUT2D eigenvalue weighted by molar-refractivity contribution is -0.915. The Kier molecular flexibility index (Phi) is 6.49. The summed E-state index contributed by atoms with van der Waals surface area (Å²) in [4.78, 5) is 12.3. The number of amides is 1. The molecule has 1 saturated heterocycles. The van der Waals surface area contributed by atoms with Gasteiger partial charge >= 0.3 is 6.09 Å². The van der Waals surface area contributed by atoms with Gasteiger partial charge in [0.1, 0.15) is 30.8 Å². The molecule has 3 atom stereocenters. The molecule has 1 N–H and O–H groups in total. The first-order valence-corrected chi connectivity index (χ1v) is 13.7. The van der Waals surface area contributed by atoms with Crippen molar-refractivity contribution in [3.8, 4) is 0 Å². The van der Waals surface area contributed by atoms with Crippen LogP contribution in [0.4, 0.5) is 4.79 Å². The van der Waals surface area contributed by atoms with E-state index in [-0.39, 0.29) is 22.2 Å². The highest BCUT2D eigenvalue weighted by molar-refractivity contribution is 7.85. The van der Waals surface area contributed by atoms with Gasteiger partial charge in [0.25, 0.3) is 10.1 Å². The van der Waals surface area contributed by atoms with Gasteiger partial charge in [-0.1, -0.05) is 20.8 Å². The predicted molar refractivity (Wildman–Crippen MR) is 104 cm³/mol. The van der Waals surface area contributed by atoms with Crippen molar-refractivity contribution in [3.05, 3.63) is 0 Å². The Hall–Kier alpha value is -0.483. The monoisotopic (exact) mass is 410 g/mol. The summed E-state index contributed by atoms with van der Waals surface area (Å²) >= 11 is 0. The van der Waals surface area contributed by atoms with Crippen molar-refractivity contribution in [2.75, 3.05) is 19.4 Å². The number of hydrogen-bond acceptors (Lipinski definition) is 5. The minimum Gasteiger partial charge on any atom is -0.435 e. The maximum atomic E-state index is 12.3. The predicted octanol–water partition coefficient (Wildman–Crippen LogP) is 3.42. The van der Waals surface area contributed by atoms with Crippen LogP contribution in [0.1, 0.15) is 48.0 Å². The molecule has 154 valence electrons. The molecule has 1 fully saturated rings. The van der Waals surface area contributed by atoms with E-state index in [1.807, 2.05) is 20.8 Å². The maximum absolute atomic E-state index is 12.3. The maximum Gasteiger partial charge on any atom is 0.514 e. The summed E-state index contributed by atoms with van der Waals surface area (Å²) in [5, 5.41) is 10.1. The summed E-state index contributed by atoms with van der Waals surface area (Å²) in [7, 11) is -5.72. The van der Waals surface area contributed by atoms with Gasteiger partial charge in [0, 0.05) is 6.42 Å². The zero-order valence-electron chi connectivity index (χ0n) is 17.6. The Morgan fingerprint density at radius 1 is 1.19 bits per heavy atom. The molecule has 26 heavy (non-hydrogen) atoms. The Labute approximate surface area is 159 Å². The quantitative estimate of drug-likeness (QED) is 0.424. The van der Waals surface area contributed by atoms with Gasteiger partial charge in [0.2, 0.25) is 0 Å². The number of likely N-dealkylation sites (tertiary alicyclic amines) is 1. The largest absolute Gasteiger partial charge is 0.514 e. The minimum atomic E-state index is -3.64. The lowest BCUT2D eigenvalue weighted by atomic mass is 10.00. The fourth-order valence-corrected chi connectivity index (χ4v) is 5.21. The van der Waals surface area contributed by atoms with Crippen LogP contribution in [-0.4, -0.2) is 69.5 Å². The fraction of sp³-hybridized carbons (Fsp3) is 0.941. The van der Waals surface area contributed by atoms with Crippen molar-refractivity contribution in [1.82, 2.24) is 0 Å². The molecule has 9 heteroatoms. The molecule has 0 saturated carbocycles. The summed E-state index contributed by atoms with van der Waals surface area (Å²) in [5.41, 5.74) is -0.622. The van der Waals surface area contributed by atoms with Gasteiger partial charge in [-0.05, 0) is 38.9 Å². The molecule has 7 nitrogen and oxygen atoms in total. The van der Waals surface area contributed by atoms with Crippen molar-refractivity contribution < 1.29 is 31.4 Å². The summed E-state index contributed by atoms with van der Waals surface area (Å²) < 4.78 is 34.1. The van der Waals surface area contributed by atoms with E-state index in [4.69, 9.17) is 8.61 Å². The van der Waals surface area contributed by atoms with Crippen LogP contribution in [0.25, 0.3) is 0 Å². The van der Waals surface area contributed by atoms with Crippen molar-refractivity contribution in [2.24, 2.45) is 0 Å². The van der Waals surface area contributed by atoms with Crippen LogP contribution in [0.5, 0.6) is 0 Å². The van der Waals surface area contributed by atoms with Crippen LogP contribution in [-0.2, 0) is 18.7 Å². The SMILES string of the molecule is CC(C)(C)[N+]1(C(=O)O)C[C@@H](O[Si](C)(C)C(C)(C)C)C[C@@H]1COS(C)(=O)=O. The summed E-state index contributed by atoms with van der Waals surface area (Å²) in [6.45, 7) is 16.4. The summed E-state index contributed by atoms with van der Waals surface area (Å²) in [6, 6.07) is -0.489. The number of carbonyl (C=O) groups is 1. The van der Waals surface area contributed by atoms with E-state index in [2.05, 4.69) is 33.9 Å². The highest BCUT2D eigenvalue weighted by atomic mass is 32.2. The third-order valence-corrected chi connectivity index (χ3v) is 11.0. The highest BCUT2D eigenvalue weighted by Crippen LogP contribution is 2.43. The molecular formula is C17H36NO6SSi+. The topological polar surface area (TPSA) is 89.9 Å². The molecule has 1 heterocycles. The van der Waals surface area contributed by atoms with Gasteiger partial charge in [0.15, 0.2) is 8.32 Å². The molecule has 1 aliphatic rings. The van der Waals surface area contributed by atoms with Crippen LogP contribution >= 0.6 is 0 Å². The Balaban J connectivity index is 3.22. The average Bonchev–Trinajstić information content (AvgIpc) is 2.72. The van der Waals surface area contributed by atoms with E-state index >= 15 is 0 Å². The molecule has 1 rings (SSSR count). The summed E-state index contributed by atoms with van der Waals surface area (Å²) in [5.74, 6) is 0. The Bertz CT molecular complexity index is 635. The van der Waals surface area contributed by atoms with Gasteiger partial charge in [-0.2, -0.15) is 13.2 Å². The van der Waals surface area contributed by atoms with Crippen LogP contribution in [0.15, 0.2) is 0 Å². The average molecular weight is 411 g/mol. The number of rotatable bonds is 5. The second kappa shape index (κ2) is 7.16. The second-order valence-corrected chi connectivity index (χ2v) is 16.3. The zero-order valence-corrected chi connectivity index (χ0v) is 19.4. The normalized spacial score (nSPS) is 28.3. The third kappa shape index (κ3) is 4.86. The highest BCUT2D eigenvalue weighted by Gasteiger charge is 2.61. The Morgan fingerprint density at radius 2 is 1.69 bits per heavy atom. The van der Waals surface area contributed by atoms with Gasteiger partial charge < -0.3 is 9.53 Å². The van der Waals surface area contributed by atoms with Crippen molar-refractivity contribution in [2.45, 2.75) is 83.8 Å². The number of hydrogen-bond donors (Lipinski definition) is 1. The molecular weight excluding hydrogens is 374 g/mol. The molecule has 0 aliphatic carbocycles. The van der Waals surface area contributed by atoms with E-state index in [9.17, 15) is 18.3 Å². The van der Waals surface area contributed by atoms with Crippen molar-refractivity contribution >= 4 is 24.5 Å². The molecule has 0 bridgehead atoms. The molecule has 1 aliphatic heterocycles. The van der Waals surface area contributed by atoms with E-state index in [0.29, 0.717) is 13.0 Å². The van der Waals surface area contributed by atoms with E-state index in [1.54, 1.807) is 0 Å². The number of quaternary nitrogens is 1. The molecule has 1 amide bonds. The van der Waals surface area contributed by atoms with Crippen molar-refractivity contribution in [3.63, 3.8) is 0 Å². The molecule has 0 radical (unpaired) electrons. The minimum absolute atomic E-state index is 0.00889. The summed E-state index contributed by atoms with van der Waals surface area (Å²) in [6.07, 6.45) is 0.240. The van der Waals surface area contributed by atoms with Crippen LogP contribution in [0.3, 0.4) is 0 Å². The molecule has 1 unspecified atom stereocenters. The number of carboxylic acid groups (broad SMARTS) is 1.